The molecule has 34 heavy (non-hydrogen) atoms. The van der Waals surface area contributed by atoms with Gasteiger partial charge in [0.2, 0.25) is 0 Å². The van der Waals surface area contributed by atoms with Crippen molar-refractivity contribution in [3.8, 4) is 0 Å². The van der Waals surface area contributed by atoms with Gasteiger partial charge in [0.05, 0.1) is 24.1 Å². The minimum Gasteiger partial charge on any atom is -0.305 e. The fraction of sp³-hybridized carbons (Fsp3) is 0.350. The Kier molecular flexibility index (Phi) is 6.02. The maximum Gasteiger partial charge on any atom is 0.446 e. The smallest absolute Gasteiger partial charge is 0.305 e. The van der Waals surface area contributed by atoms with E-state index in [0.29, 0.717) is 18.4 Å². The second-order valence-corrected chi connectivity index (χ2v) is 11.0. The van der Waals surface area contributed by atoms with Crippen LogP contribution in [0.1, 0.15) is 18.4 Å². The summed E-state index contributed by atoms with van der Waals surface area (Å²) in [6.45, 7) is -0.0586. The van der Waals surface area contributed by atoms with Crippen molar-refractivity contribution >= 4 is 45.3 Å². The van der Waals surface area contributed by atoms with Gasteiger partial charge in [0, 0.05) is 25.2 Å². The minimum atomic E-state index is -4.45. The van der Waals surface area contributed by atoms with Gasteiger partial charge >= 0.3 is 21.7 Å². The predicted molar refractivity (Wildman–Crippen MR) is 119 cm³/mol. The number of pyridine rings is 1. The summed E-state index contributed by atoms with van der Waals surface area (Å²) in [5, 5.41) is 0. The SMILES string of the molecule is CN(C)S(=O)(=O)Nc1cnccc1CN1C(=O)N(c2ccc(SC(F)(F)F)cc2)C(=O)C12CC2. The van der Waals surface area contributed by atoms with Crippen LogP contribution in [0.2, 0.25) is 0 Å². The van der Waals surface area contributed by atoms with E-state index in [0.717, 1.165) is 9.21 Å². The molecule has 182 valence electrons. The molecule has 4 rings (SSSR count). The van der Waals surface area contributed by atoms with Crippen molar-refractivity contribution in [2.24, 2.45) is 0 Å². The molecule has 2 heterocycles. The standard InChI is InChI=1S/C20H20F3N5O4S2/c1-26(2)34(31,32)25-16-11-24-10-7-13(16)12-27-18(30)28(17(29)19(27)8-9-19)14-3-5-15(6-4-14)33-20(21,22)23/h3-7,10-11,25H,8-9,12H2,1-2H3. The number of halogens is 3. The third-order valence-electron chi connectivity index (χ3n) is 5.55. The number of alkyl halides is 3. The molecule has 14 heteroatoms. The fourth-order valence-electron chi connectivity index (χ4n) is 3.61. The maximum absolute atomic E-state index is 13.3. The van der Waals surface area contributed by atoms with Crippen molar-refractivity contribution in [2.75, 3.05) is 23.7 Å². The van der Waals surface area contributed by atoms with Gasteiger partial charge in [-0.3, -0.25) is 14.5 Å². The summed E-state index contributed by atoms with van der Waals surface area (Å²) in [5.41, 5.74) is -4.74. The maximum atomic E-state index is 13.3. The largest absolute Gasteiger partial charge is 0.446 e. The molecule has 0 unspecified atom stereocenters. The zero-order valence-corrected chi connectivity index (χ0v) is 19.7. The van der Waals surface area contributed by atoms with Gasteiger partial charge in [0.15, 0.2) is 0 Å². The molecule has 1 N–H and O–H groups in total. The Morgan fingerprint density at radius 3 is 2.35 bits per heavy atom. The van der Waals surface area contributed by atoms with Gasteiger partial charge in [-0.15, -0.1) is 0 Å². The molecule has 1 saturated carbocycles. The van der Waals surface area contributed by atoms with Crippen LogP contribution in [0, 0.1) is 0 Å². The van der Waals surface area contributed by atoms with E-state index in [9.17, 15) is 31.2 Å². The molecule has 0 radical (unpaired) electrons. The van der Waals surface area contributed by atoms with Crippen molar-refractivity contribution in [1.29, 1.82) is 0 Å². The number of carbonyl (C=O) groups excluding carboxylic acids is 2. The number of thioether (sulfide) groups is 1. The molecule has 2 aromatic rings. The molecule has 1 spiro atoms. The zero-order chi connectivity index (χ0) is 24.9. The average molecular weight is 516 g/mol. The third-order valence-corrected chi connectivity index (χ3v) is 7.73. The Labute approximate surface area is 198 Å². The third kappa shape index (κ3) is 4.57. The van der Waals surface area contributed by atoms with Crippen molar-refractivity contribution in [3.05, 3.63) is 48.3 Å². The second kappa shape index (κ2) is 8.43. The van der Waals surface area contributed by atoms with E-state index in [-0.39, 0.29) is 34.6 Å². The molecule has 1 aliphatic heterocycles. The van der Waals surface area contributed by atoms with Crippen molar-refractivity contribution < 1.29 is 31.2 Å². The van der Waals surface area contributed by atoms with Crippen LogP contribution in [0.4, 0.5) is 29.3 Å². The zero-order valence-electron chi connectivity index (χ0n) is 18.0. The summed E-state index contributed by atoms with van der Waals surface area (Å²) in [6.07, 6.45) is 3.62. The molecule has 3 amide bonds. The highest BCUT2D eigenvalue weighted by molar-refractivity contribution is 8.00. The van der Waals surface area contributed by atoms with Crippen LogP contribution in [0.15, 0.2) is 47.6 Å². The van der Waals surface area contributed by atoms with Gasteiger partial charge in [-0.1, -0.05) is 0 Å². The number of hydrogen-bond donors (Lipinski definition) is 1. The lowest BCUT2D eigenvalue weighted by molar-refractivity contribution is -0.120. The summed E-state index contributed by atoms with van der Waals surface area (Å²) in [6, 6.07) is 5.92. The van der Waals surface area contributed by atoms with Crippen LogP contribution in [-0.4, -0.2) is 59.7 Å². The van der Waals surface area contributed by atoms with Crippen LogP contribution in [0.3, 0.4) is 0 Å². The summed E-state index contributed by atoms with van der Waals surface area (Å²) >= 11 is -0.288. The predicted octanol–water partition coefficient (Wildman–Crippen LogP) is 3.41. The van der Waals surface area contributed by atoms with Gasteiger partial charge in [-0.2, -0.15) is 25.9 Å². The molecule has 1 aliphatic carbocycles. The van der Waals surface area contributed by atoms with Gasteiger partial charge in [0.25, 0.3) is 5.91 Å². The highest BCUT2D eigenvalue weighted by Gasteiger charge is 2.65. The number of nitrogens with one attached hydrogen (secondary N) is 1. The first-order chi connectivity index (χ1) is 15.8. The van der Waals surface area contributed by atoms with Crippen LogP contribution >= 0.6 is 11.8 Å². The quantitative estimate of drug-likeness (QED) is 0.448. The first kappa shape index (κ1) is 24.3. The van der Waals surface area contributed by atoms with Gasteiger partial charge in [-0.05, 0) is 60.5 Å². The highest BCUT2D eigenvalue weighted by atomic mass is 32.2. The van der Waals surface area contributed by atoms with E-state index in [4.69, 9.17) is 0 Å². The first-order valence-electron chi connectivity index (χ1n) is 9.99. The number of rotatable bonds is 7. The number of benzene rings is 1. The van der Waals surface area contributed by atoms with Gasteiger partial charge in [-0.25, -0.2) is 9.69 Å². The lowest BCUT2D eigenvalue weighted by atomic mass is 10.1. The highest BCUT2D eigenvalue weighted by Crippen LogP contribution is 2.50. The van der Waals surface area contributed by atoms with E-state index >= 15 is 0 Å². The molecular weight excluding hydrogens is 495 g/mol. The molecule has 1 aromatic heterocycles. The van der Waals surface area contributed by atoms with Crippen molar-refractivity contribution in [3.63, 3.8) is 0 Å². The second-order valence-electron chi connectivity index (χ2n) is 8.00. The Balaban J connectivity index is 1.60. The molecule has 0 atom stereocenters. The molecule has 2 aliphatic rings. The van der Waals surface area contributed by atoms with E-state index in [2.05, 4.69) is 9.71 Å². The topological polar surface area (TPSA) is 103 Å². The number of anilines is 2. The Morgan fingerprint density at radius 2 is 1.79 bits per heavy atom. The van der Waals surface area contributed by atoms with E-state index in [1.165, 1.54) is 55.7 Å². The summed E-state index contributed by atoms with van der Waals surface area (Å²) in [4.78, 5) is 32.6. The minimum absolute atomic E-state index is 0.0586. The van der Waals surface area contributed by atoms with Gasteiger partial charge in [0.1, 0.15) is 5.54 Å². The Morgan fingerprint density at radius 1 is 1.15 bits per heavy atom. The molecule has 1 aromatic carbocycles. The van der Waals surface area contributed by atoms with E-state index in [1.54, 1.807) is 6.07 Å². The number of nitrogens with zero attached hydrogens (tertiary/aromatic N) is 4. The number of hydrogen-bond acceptors (Lipinski definition) is 6. The molecule has 2 fully saturated rings. The van der Waals surface area contributed by atoms with Crippen LogP contribution < -0.4 is 9.62 Å². The lowest BCUT2D eigenvalue weighted by Gasteiger charge is -2.23. The first-order valence-corrected chi connectivity index (χ1v) is 12.2. The molecular formula is C20H20F3N5O4S2. The average Bonchev–Trinajstić information content (AvgIpc) is 3.51. The molecule has 0 bridgehead atoms. The Bertz CT molecular complexity index is 1230. The number of imide groups is 1. The Hall–Kier alpha value is -2.84. The number of urea groups is 1. The monoisotopic (exact) mass is 515 g/mol. The van der Waals surface area contributed by atoms with E-state index in [1.807, 2.05) is 0 Å². The van der Waals surface area contributed by atoms with Gasteiger partial charge < -0.3 is 4.90 Å². The van der Waals surface area contributed by atoms with Crippen LogP contribution in [0.5, 0.6) is 0 Å². The summed E-state index contributed by atoms with van der Waals surface area (Å²) in [7, 11) is -1.12. The fourth-order valence-corrected chi connectivity index (χ4v) is 4.80. The summed E-state index contributed by atoms with van der Waals surface area (Å²) in [5.74, 6) is -0.460. The lowest BCUT2D eigenvalue weighted by Crippen LogP contribution is -2.37. The van der Waals surface area contributed by atoms with Crippen LogP contribution in [0.25, 0.3) is 0 Å². The molecule has 9 nitrogen and oxygen atoms in total. The van der Waals surface area contributed by atoms with Crippen LogP contribution in [-0.2, 0) is 21.5 Å². The van der Waals surface area contributed by atoms with Crippen molar-refractivity contribution in [2.45, 2.75) is 35.3 Å². The molecule has 1 saturated heterocycles. The van der Waals surface area contributed by atoms with E-state index < -0.39 is 33.2 Å². The normalized spacial score (nSPS) is 17.7. The number of amides is 3. The van der Waals surface area contributed by atoms with Crippen molar-refractivity contribution in [1.82, 2.24) is 14.2 Å². The number of carbonyl (C=O) groups is 2. The summed E-state index contributed by atoms with van der Waals surface area (Å²) < 4.78 is 65.7. The number of aromatic nitrogens is 1.